The van der Waals surface area contributed by atoms with Crippen molar-refractivity contribution in [3.8, 4) is 5.75 Å². The summed E-state index contributed by atoms with van der Waals surface area (Å²) in [5.41, 5.74) is 6.46. The third-order valence-electron chi connectivity index (χ3n) is 5.15. The molecule has 0 saturated heterocycles. The summed E-state index contributed by atoms with van der Waals surface area (Å²) in [4.78, 5) is 0. The van der Waals surface area contributed by atoms with Crippen LogP contribution in [0.1, 0.15) is 113 Å². The van der Waals surface area contributed by atoms with E-state index in [-0.39, 0.29) is 40.6 Å². The minimum atomic E-state index is 0. The predicted molar refractivity (Wildman–Crippen MR) is 124 cm³/mol. The van der Waals surface area contributed by atoms with E-state index in [4.69, 9.17) is 10.5 Å². The third kappa shape index (κ3) is 17.9. The minimum absolute atomic E-state index is 0. The maximum atomic E-state index is 5.72. The molecule has 0 saturated carbocycles. The summed E-state index contributed by atoms with van der Waals surface area (Å²) < 4.78 is 5.72. The van der Waals surface area contributed by atoms with Crippen LogP contribution in [0.25, 0.3) is 0 Å². The van der Waals surface area contributed by atoms with E-state index >= 15 is 0 Å². The van der Waals surface area contributed by atoms with Crippen LogP contribution in [-0.2, 0) is 0 Å². The van der Waals surface area contributed by atoms with Crippen LogP contribution in [0.5, 0.6) is 5.75 Å². The van der Waals surface area contributed by atoms with Gasteiger partial charge in [-0.05, 0) is 30.7 Å². The Morgan fingerprint density at radius 1 is 0.630 bits per heavy atom. The average Bonchev–Trinajstić information content (AvgIpc) is 2.66. The van der Waals surface area contributed by atoms with Crippen LogP contribution in [0.15, 0.2) is 24.3 Å². The van der Waals surface area contributed by atoms with Gasteiger partial charge in [0.15, 0.2) is 0 Å². The number of unbranched alkanes of at least 4 members (excludes halogenated alkanes) is 15. The Bertz CT molecular complexity index is 418. The fraction of sp³-hybridized carbons (Fsp3) is 0.750. The van der Waals surface area contributed by atoms with Crippen molar-refractivity contribution >= 4 is 43.4 Å². The van der Waals surface area contributed by atoms with Crippen LogP contribution >= 0.6 is 0 Å². The first-order valence-corrected chi connectivity index (χ1v) is 11.3. The second-order valence-electron chi connectivity index (χ2n) is 7.72. The zero-order valence-corrected chi connectivity index (χ0v) is 20.2. The molecule has 2 nitrogen and oxygen atoms in total. The molecule has 27 heavy (non-hydrogen) atoms. The van der Waals surface area contributed by atoms with E-state index in [9.17, 15) is 0 Å². The predicted octanol–water partition coefficient (Wildman–Crippen LogP) is 7.75. The fourth-order valence-corrected chi connectivity index (χ4v) is 3.40. The maximum absolute atomic E-state index is 5.72. The largest absolute Gasteiger partial charge is 2.00 e. The van der Waals surface area contributed by atoms with Crippen molar-refractivity contribution in [2.45, 2.75) is 110 Å². The van der Waals surface area contributed by atoms with E-state index in [1.54, 1.807) is 0 Å². The topological polar surface area (TPSA) is 35.2 Å². The van der Waals surface area contributed by atoms with Crippen LogP contribution in [-0.4, -0.2) is 44.3 Å². The molecule has 0 aliphatic heterocycles. The Kier molecular flexibility index (Phi) is 20.9. The fourth-order valence-electron chi connectivity index (χ4n) is 3.40. The van der Waals surface area contributed by atoms with Gasteiger partial charge in [-0.15, -0.1) is 0 Å². The molecule has 0 aliphatic rings. The van der Waals surface area contributed by atoms with E-state index in [1.807, 2.05) is 24.3 Å². The molecule has 0 spiro atoms. The first-order chi connectivity index (χ1) is 12.8. The van der Waals surface area contributed by atoms with E-state index in [0.717, 1.165) is 24.5 Å². The van der Waals surface area contributed by atoms with Gasteiger partial charge < -0.3 is 13.3 Å². The molecule has 0 fully saturated rings. The molecule has 0 atom stereocenters. The standard InChI is InChI=1S/C24H43NO.Ca.2H/c1-2-3-4-5-6-7-8-9-10-11-12-13-14-15-16-17-22-26-24-20-18-23(25)19-21-24;;;/h18-21H,2-17,22,25H2,1H3;;;/q;+2;2*-1. The number of benzene rings is 1. The van der Waals surface area contributed by atoms with Gasteiger partial charge in [-0.25, -0.2) is 0 Å². The summed E-state index contributed by atoms with van der Waals surface area (Å²) in [6.07, 6.45) is 22.4. The van der Waals surface area contributed by atoms with Crippen molar-refractivity contribution in [3.63, 3.8) is 0 Å². The van der Waals surface area contributed by atoms with Crippen LogP contribution in [0.2, 0.25) is 0 Å². The van der Waals surface area contributed by atoms with Crippen molar-refractivity contribution in [1.29, 1.82) is 0 Å². The monoisotopic (exact) mass is 403 g/mol. The van der Waals surface area contributed by atoms with Crippen LogP contribution in [0.3, 0.4) is 0 Å². The quantitative estimate of drug-likeness (QED) is 0.154. The zero-order chi connectivity index (χ0) is 18.7. The number of anilines is 1. The van der Waals surface area contributed by atoms with Gasteiger partial charge in [0.1, 0.15) is 5.75 Å². The van der Waals surface area contributed by atoms with E-state index in [0.29, 0.717) is 0 Å². The second-order valence-corrected chi connectivity index (χ2v) is 7.72. The Labute approximate surface area is 202 Å². The van der Waals surface area contributed by atoms with Crippen LogP contribution < -0.4 is 10.5 Å². The number of rotatable bonds is 18. The third-order valence-corrected chi connectivity index (χ3v) is 5.15. The van der Waals surface area contributed by atoms with E-state index in [1.165, 1.54) is 96.3 Å². The van der Waals surface area contributed by atoms with Gasteiger partial charge in [-0.2, -0.15) is 0 Å². The Balaban J connectivity index is -0.00000225. The molecule has 0 amide bonds. The van der Waals surface area contributed by atoms with Crippen molar-refractivity contribution in [3.05, 3.63) is 24.3 Å². The zero-order valence-electron chi connectivity index (χ0n) is 20.0. The Hall–Kier alpha value is 0.0797. The molecular formula is C24H45CaNO. The molecule has 154 valence electrons. The van der Waals surface area contributed by atoms with Crippen molar-refractivity contribution < 1.29 is 7.59 Å². The Morgan fingerprint density at radius 2 is 1.00 bits per heavy atom. The summed E-state index contributed by atoms with van der Waals surface area (Å²) in [5, 5.41) is 0. The molecule has 3 heteroatoms. The molecule has 0 aliphatic carbocycles. The second kappa shape index (κ2) is 20.8. The van der Waals surface area contributed by atoms with Gasteiger partial charge in [0.2, 0.25) is 0 Å². The molecule has 0 radical (unpaired) electrons. The normalized spacial score (nSPS) is 10.6. The average molecular weight is 404 g/mol. The van der Waals surface area contributed by atoms with Crippen molar-refractivity contribution in [2.75, 3.05) is 12.3 Å². The first kappa shape index (κ1) is 27.1. The van der Waals surface area contributed by atoms with Crippen LogP contribution in [0, 0.1) is 0 Å². The smallest absolute Gasteiger partial charge is 1.00 e. The van der Waals surface area contributed by atoms with Gasteiger partial charge >= 0.3 is 37.7 Å². The van der Waals surface area contributed by atoms with E-state index < -0.39 is 0 Å². The van der Waals surface area contributed by atoms with E-state index in [2.05, 4.69) is 6.92 Å². The van der Waals surface area contributed by atoms with Gasteiger partial charge in [0.25, 0.3) is 0 Å². The molecule has 1 aromatic rings. The molecular weight excluding hydrogens is 358 g/mol. The van der Waals surface area contributed by atoms with Crippen molar-refractivity contribution in [1.82, 2.24) is 0 Å². The summed E-state index contributed by atoms with van der Waals surface area (Å²) in [7, 11) is 0. The Morgan fingerprint density at radius 3 is 1.41 bits per heavy atom. The molecule has 0 bridgehead atoms. The summed E-state index contributed by atoms with van der Waals surface area (Å²) >= 11 is 0. The summed E-state index contributed by atoms with van der Waals surface area (Å²) in [6, 6.07) is 7.68. The molecule has 0 aromatic heterocycles. The number of nitrogen functional groups attached to an aromatic ring is 1. The molecule has 1 aromatic carbocycles. The SMILES string of the molecule is CCCCCCCCCCCCCCCCCCOc1ccc(N)cc1.[Ca+2].[H-].[H-]. The van der Waals surface area contributed by atoms with Crippen LogP contribution in [0.4, 0.5) is 5.69 Å². The molecule has 1 rings (SSSR count). The molecule has 0 unspecified atom stereocenters. The summed E-state index contributed by atoms with van der Waals surface area (Å²) in [5.74, 6) is 0.931. The van der Waals surface area contributed by atoms with Crippen molar-refractivity contribution in [2.24, 2.45) is 0 Å². The number of ether oxygens (including phenoxy) is 1. The molecule has 0 heterocycles. The number of hydrogen-bond acceptors (Lipinski definition) is 2. The maximum Gasteiger partial charge on any atom is 2.00 e. The van der Waals surface area contributed by atoms with Gasteiger partial charge in [0.05, 0.1) is 6.61 Å². The first-order valence-electron chi connectivity index (χ1n) is 11.3. The van der Waals surface area contributed by atoms with Gasteiger partial charge in [-0.1, -0.05) is 103 Å². The minimum Gasteiger partial charge on any atom is -1.00 e. The summed E-state index contributed by atoms with van der Waals surface area (Å²) in [6.45, 7) is 3.11. The van der Waals surface area contributed by atoms with Gasteiger partial charge in [-0.3, -0.25) is 0 Å². The number of nitrogens with two attached hydrogens (primary N) is 1. The van der Waals surface area contributed by atoms with Gasteiger partial charge in [0, 0.05) is 5.69 Å². The molecule has 2 N–H and O–H groups in total. The number of hydrogen-bond donors (Lipinski definition) is 1.